The van der Waals surface area contributed by atoms with E-state index in [0.717, 1.165) is 16.2 Å². The van der Waals surface area contributed by atoms with Gasteiger partial charge in [-0.25, -0.2) is 0 Å². The number of amides is 1. The van der Waals surface area contributed by atoms with Crippen LogP contribution in [0.2, 0.25) is 0 Å². The Labute approximate surface area is 101 Å². The summed E-state index contributed by atoms with van der Waals surface area (Å²) in [4.78, 5) is 33.7. The molecule has 1 amide bonds. The number of hydrogen-bond acceptors (Lipinski definition) is 6. The summed E-state index contributed by atoms with van der Waals surface area (Å²) in [6.07, 6.45) is 0. The van der Waals surface area contributed by atoms with Crippen molar-refractivity contribution < 1.29 is 19.2 Å². The lowest BCUT2D eigenvalue weighted by molar-refractivity contribution is -0.380. The number of methoxy groups -OCH3 is 1. The minimum atomic E-state index is -0.568. The standard InChI is InChI=1S/C9H10N2O5S/c1-10(4-8(12)16-2)9(13)6-3-7(11(14)15)17-5-6/h3,5H,4H2,1-2H3. The molecule has 0 unspecified atom stereocenters. The molecule has 0 aliphatic heterocycles. The maximum atomic E-state index is 11.7. The van der Waals surface area contributed by atoms with Crippen LogP contribution in [0.4, 0.5) is 5.00 Å². The molecule has 1 aromatic rings. The van der Waals surface area contributed by atoms with Crippen LogP contribution in [0, 0.1) is 10.1 Å². The van der Waals surface area contributed by atoms with E-state index in [9.17, 15) is 19.7 Å². The smallest absolute Gasteiger partial charge is 0.325 e. The Kier molecular flexibility index (Phi) is 4.16. The first-order valence-corrected chi connectivity index (χ1v) is 5.39. The van der Waals surface area contributed by atoms with Gasteiger partial charge in [0.1, 0.15) is 6.54 Å². The summed E-state index contributed by atoms with van der Waals surface area (Å²) in [5.74, 6) is -1.01. The fourth-order valence-electron chi connectivity index (χ4n) is 1.08. The molecule has 0 saturated heterocycles. The molecule has 8 heteroatoms. The predicted octanol–water partition coefficient (Wildman–Crippen LogP) is 0.901. The number of esters is 1. The van der Waals surface area contributed by atoms with Gasteiger partial charge in [-0.15, -0.1) is 0 Å². The fraction of sp³-hybridized carbons (Fsp3) is 0.333. The SMILES string of the molecule is COC(=O)CN(C)C(=O)c1csc([N+](=O)[O-])c1. The van der Waals surface area contributed by atoms with Crippen LogP contribution in [0.3, 0.4) is 0 Å². The second kappa shape index (κ2) is 5.39. The summed E-state index contributed by atoms with van der Waals surface area (Å²) in [5, 5.41) is 11.7. The van der Waals surface area contributed by atoms with Gasteiger partial charge in [-0.05, 0) is 0 Å². The Hall–Kier alpha value is -1.96. The van der Waals surface area contributed by atoms with Crippen LogP contribution >= 0.6 is 11.3 Å². The minimum absolute atomic E-state index is 0.111. The van der Waals surface area contributed by atoms with Gasteiger partial charge in [-0.3, -0.25) is 19.7 Å². The van der Waals surface area contributed by atoms with Gasteiger partial charge in [-0.2, -0.15) is 0 Å². The van der Waals surface area contributed by atoms with Crippen molar-refractivity contribution in [3.63, 3.8) is 0 Å². The molecule has 0 aromatic carbocycles. The highest BCUT2D eigenvalue weighted by atomic mass is 32.1. The predicted molar refractivity (Wildman–Crippen MR) is 59.9 cm³/mol. The summed E-state index contributed by atoms with van der Waals surface area (Å²) in [5.41, 5.74) is 0.188. The molecule has 7 nitrogen and oxygen atoms in total. The molecule has 1 aromatic heterocycles. The summed E-state index contributed by atoms with van der Waals surface area (Å²) in [6, 6.07) is 1.18. The molecule has 0 spiro atoms. The number of carbonyl (C=O) groups excluding carboxylic acids is 2. The highest BCUT2D eigenvalue weighted by molar-refractivity contribution is 7.13. The van der Waals surface area contributed by atoms with Crippen molar-refractivity contribution in [1.82, 2.24) is 4.90 Å². The molecule has 0 radical (unpaired) electrons. The summed E-state index contributed by atoms with van der Waals surface area (Å²) in [7, 11) is 2.64. The number of likely N-dealkylation sites (N-methyl/N-ethyl adjacent to an activating group) is 1. The van der Waals surface area contributed by atoms with Gasteiger partial charge >= 0.3 is 11.0 Å². The van der Waals surface area contributed by atoms with Crippen molar-refractivity contribution in [3.05, 3.63) is 27.1 Å². The molecule has 92 valence electrons. The molecule has 0 bridgehead atoms. The van der Waals surface area contributed by atoms with E-state index in [2.05, 4.69) is 4.74 Å². The number of hydrogen-bond donors (Lipinski definition) is 0. The Bertz CT molecular complexity index is 456. The largest absolute Gasteiger partial charge is 0.468 e. The zero-order valence-corrected chi connectivity index (χ0v) is 10.0. The third kappa shape index (κ3) is 3.25. The highest BCUT2D eigenvalue weighted by Gasteiger charge is 2.19. The second-order valence-electron chi connectivity index (χ2n) is 3.17. The third-order valence-electron chi connectivity index (χ3n) is 1.95. The number of nitro groups is 1. The Morgan fingerprint density at radius 3 is 2.71 bits per heavy atom. The first kappa shape index (κ1) is 13.1. The minimum Gasteiger partial charge on any atom is -0.468 e. The lowest BCUT2D eigenvalue weighted by Gasteiger charge is -2.14. The average molecular weight is 258 g/mol. The lowest BCUT2D eigenvalue weighted by atomic mass is 10.3. The van der Waals surface area contributed by atoms with Crippen LogP contribution < -0.4 is 0 Å². The van der Waals surface area contributed by atoms with Gasteiger partial charge in [0.25, 0.3) is 5.91 Å². The molecule has 1 heterocycles. The van der Waals surface area contributed by atoms with Crippen LogP contribution in [-0.4, -0.2) is 42.4 Å². The molecule has 17 heavy (non-hydrogen) atoms. The normalized spacial score (nSPS) is 9.76. The van der Waals surface area contributed by atoms with E-state index in [4.69, 9.17) is 0 Å². The molecule has 0 N–H and O–H groups in total. The number of thiophene rings is 1. The van der Waals surface area contributed by atoms with Crippen LogP contribution in [-0.2, 0) is 9.53 Å². The van der Waals surface area contributed by atoms with Crippen molar-refractivity contribution in [2.45, 2.75) is 0 Å². The number of ether oxygens (including phenoxy) is 1. The summed E-state index contributed by atoms with van der Waals surface area (Å²) >= 11 is 0.865. The van der Waals surface area contributed by atoms with Gasteiger partial charge in [-0.1, -0.05) is 11.3 Å². The van der Waals surface area contributed by atoms with Crippen LogP contribution in [0.1, 0.15) is 10.4 Å². The van der Waals surface area contributed by atoms with Crippen LogP contribution in [0.15, 0.2) is 11.4 Å². The molecule has 1 rings (SSSR count). The topological polar surface area (TPSA) is 89.8 Å². The first-order valence-electron chi connectivity index (χ1n) is 4.51. The van der Waals surface area contributed by atoms with E-state index < -0.39 is 16.8 Å². The van der Waals surface area contributed by atoms with Gasteiger partial charge in [0.15, 0.2) is 0 Å². The number of carbonyl (C=O) groups is 2. The Balaban J connectivity index is 2.74. The fourth-order valence-corrected chi connectivity index (χ4v) is 1.78. The maximum Gasteiger partial charge on any atom is 0.325 e. The van der Waals surface area contributed by atoms with Crippen LogP contribution in [0.25, 0.3) is 0 Å². The number of nitrogens with zero attached hydrogens (tertiary/aromatic N) is 2. The second-order valence-corrected chi connectivity index (χ2v) is 4.06. The maximum absolute atomic E-state index is 11.7. The van der Waals surface area contributed by atoms with Crippen molar-refractivity contribution in [1.29, 1.82) is 0 Å². The Morgan fingerprint density at radius 2 is 2.24 bits per heavy atom. The number of rotatable bonds is 4. The average Bonchev–Trinajstić information content (AvgIpc) is 2.77. The molecule has 0 atom stereocenters. The zero-order valence-electron chi connectivity index (χ0n) is 9.21. The molecule has 0 aliphatic rings. The van der Waals surface area contributed by atoms with E-state index in [-0.39, 0.29) is 17.1 Å². The monoisotopic (exact) mass is 258 g/mol. The van der Waals surface area contributed by atoms with Crippen molar-refractivity contribution in [3.8, 4) is 0 Å². The van der Waals surface area contributed by atoms with E-state index in [1.54, 1.807) is 0 Å². The van der Waals surface area contributed by atoms with E-state index in [1.165, 1.54) is 25.6 Å². The molecule has 0 aliphatic carbocycles. The molecule has 0 fully saturated rings. The van der Waals surface area contributed by atoms with Crippen molar-refractivity contribution in [2.75, 3.05) is 20.7 Å². The highest BCUT2D eigenvalue weighted by Crippen LogP contribution is 2.23. The third-order valence-corrected chi connectivity index (χ3v) is 2.83. The van der Waals surface area contributed by atoms with E-state index in [0.29, 0.717) is 0 Å². The van der Waals surface area contributed by atoms with E-state index >= 15 is 0 Å². The van der Waals surface area contributed by atoms with Crippen molar-refractivity contribution >= 4 is 28.2 Å². The van der Waals surface area contributed by atoms with Crippen LogP contribution in [0.5, 0.6) is 0 Å². The molecular weight excluding hydrogens is 248 g/mol. The summed E-state index contributed by atoms with van der Waals surface area (Å²) in [6.45, 7) is -0.195. The van der Waals surface area contributed by atoms with Gasteiger partial charge in [0.05, 0.1) is 17.6 Å². The Morgan fingerprint density at radius 1 is 1.59 bits per heavy atom. The lowest BCUT2D eigenvalue weighted by Crippen LogP contribution is -2.32. The first-order chi connectivity index (χ1) is 7.95. The quantitative estimate of drug-likeness (QED) is 0.454. The summed E-state index contributed by atoms with van der Waals surface area (Å²) < 4.78 is 4.41. The van der Waals surface area contributed by atoms with Gasteiger partial charge < -0.3 is 9.64 Å². The zero-order chi connectivity index (χ0) is 13.0. The molecule has 0 saturated carbocycles. The van der Waals surface area contributed by atoms with Crippen molar-refractivity contribution in [2.24, 2.45) is 0 Å². The van der Waals surface area contributed by atoms with Gasteiger partial charge in [0.2, 0.25) is 0 Å². The molecular formula is C9H10N2O5S. The van der Waals surface area contributed by atoms with Gasteiger partial charge in [0, 0.05) is 18.5 Å². The van der Waals surface area contributed by atoms with E-state index in [1.807, 2.05) is 0 Å².